The lowest BCUT2D eigenvalue weighted by molar-refractivity contribution is 0.249. The third kappa shape index (κ3) is 6.99. The summed E-state index contributed by atoms with van der Waals surface area (Å²) in [7, 11) is -2.43. The van der Waals surface area contributed by atoms with Gasteiger partial charge in [-0.05, 0) is 65.6 Å². The molecular formula is C31H32NO4P. The van der Waals surface area contributed by atoms with Crippen LogP contribution in [-0.2, 0) is 4.57 Å². The monoisotopic (exact) mass is 513 g/mol. The highest BCUT2D eigenvalue weighted by Crippen LogP contribution is 2.45. The van der Waals surface area contributed by atoms with Gasteiger partial charge in [0.2, 0.25) is 0 Å². The first-order chi connectivity index (χ1) is 18.0. The predicted molar refractivity (Wildman–Crippen MR) is 151 cm³/mol. The minimum atomic E-state index is -3.98. The summed E-state index contributed by atoms with van der Waals surface area (Å²) in [5.74, 6) is 1.04. The number of ether oxygens (including phenoxy) is 1. The number of allylic oxidation sites excluding steroid dienone is 1. The quantitative estimate of drug-likeness (QED) is 0.166. The normalized spacial score (nSPS) is 13.5. The molecular weight excluding hydrogens is 481 g/mol. The molecule has 0 radical (unpaired) electrons. The van der Waals surface area contributed by atoms with Gasteiger partial charge < -0.3 is 14.2 Å². The number of nitrogens with zero attached hydrogens (tertiary/aromatic N) is 1. The van der Waals surface area contributed by atoms with Crippen molar-refractivity contribution in [3.05, 3.63) is 132 Å². The van der Waals surface area contributed by atoms with Crippen molar-refractivity contribution in [3.63, 3.8) is 0 Å². The van der Waals surface area contributed by atoms with Gasteiger partial charge in [0.15, 0.2) is 0 Å². The van der Waals surface area contributed by atoms with Crippen LogP contribution in [0.1, 0.15) is 30.0 Å². The maximum atomic E-state index is 12.6. The minimum absolute atomic E-state index is 0.228. The molecule has 0 amide bonds. The Morgan fingerprint density at radius 3 is 1.81 bits per heavy atom. The summed E-state index contributed by atoms with van der Waals surface area (Å²) in [5.41, 5.74) is 5.94. The minimum Gasteiger partial charge on any atom is -0.492 e. The smallest absolute Gasteiger partial charge is 0.458 e. The number of hydrogen-bond acceptors (Lipinski definition) is 3. The van der Waals surface area contributed by atoms with E-state index in [-0.39, 0.29) is 13.2 Å². The van der Waals surface area contributed by atoms with Crippen molar-refractivity contribution >= 4 is 18.9 Å². The van der Waals surface area contributed by atoms with E-state index in [1.54, 1.807) is 31.3 Å². The number of hydrogen-bond donors (Lipinski definition) is 1. The second kappa shape index (κ2) is 12.6. The standard InChI is InChI=1S/C31H32NO4P/c1-3-30(25-13-7-4-8-14-25)31(26-15-9-5-10-16-26)27-19-21-28(22-20-27)35-24-23-32(2)37(33,34)36-29-17-11-6-12-18-29/h4-22H,3,23-24H2,1-2H3,(H,33,34)/b31-30-. The van der Waals surface area contributed by atoms with Gasteiger partial charge in [-0.2, -0.15) is 4.67 Å². The Morgan fingerprint density at radius 2 is 1.24 bits per heavy atom. The fourth-order valence-corrected chi connectivity index (χ4v) is 4.98. The molecule has 4 rings (SSSR count). The van der Waals surface area contributed by atoms with Gasteiger partial charge in [0.1, 0.15) is 18.1 Å². The molecule has 1 unspecified atom stereocenters. The van der Waals surface area contributed by atoms with Crippen LogP contribution in [0.15, 0.2) is 115 Å². The molecule has 0 aliphatic carbocycles. The summed E-state index contributed by atoms with van der Waals surface area (Å²) in [5, 5.41) is 0. The van der Waals surface area contributed by atoms with E-state index >= 15 is 0 Å². The summed E-state index contributed by atoms with van der Waals surface area (Å²) in [6, 6.07) is 37.5. The van der Waals surface area contributed by atoms with Gasteiger partial charge in [-0.3, -0.25) is 0 Å². The highest BCUT2D eigenvalue weighted by Gasteiger charge is 2.27. The van der Waals surface area contributed by atoms with Crippen molar-refractivity contribution in [1.29, 1.82) is 0 Å². The van der Waals surface area contributed by atoms with Crippen LogP contribution in [0.4, 0.5) is 0 Å². The Bertz CT molecular complexity index is 1340. The zero-order valence-corrected chi connectivity index (χ0v) is 22.1. The van der Waals surface area contributed by atoms with Crippen LogP contribution in [0.2, 0.25) is 0 Å². The molecule has 0 aliphatic heterocycles. The van der Waals surface area contributed by atoms with Crippen molar-refractivity contribution in [2.24, 2.45) is 0 Å². The van der Waals surface area contributed by atoms with E-state index in [9.17, 15) is 9.46 Å². The Kier molecular flexibility index (Phi) is 8.97. The zero-order chi connectivity index (χ0) is 26.1. The molecule has 37 heavy (non-hydrogen) atoms. The van der Waals surface area contributed by atoms with E-state index < -0.39 is 7.75 Å². The summed E-state index contributed by atoms with van der Waals surface area (Å²) in [6.45, 7) is 2.65. The molecule has 4 aromatic carbocycles. The summed E-state index contributed by atoms with van der Waals surface area (Å²) < 4.78 is 25.0. The van der Waals surface area contributed by atoms with Crippen LogP contribution in [-0.4, -0.2) is 29.8 Å². The van der Waals surface area contributed by atoms with Gasteiger partial charge >= 0.3 is 7.75 Å². The van der Waals surface area contributed by atoms with E-state index in [0.29, 0.717) is 11.5 Å². The van der Waals surface area contributed by atoms with Crippen LogP contribution in [0.5, 0.6) is 11.5 Å². The molecule has 0 saturated carbocycles. The largest absolute Gasteiger partial charge is 0.492 e. The Labute approximate surface area is 219 Å². The second-order valence-corrected chi connectivity index (χ2v) is 10.4. The van der Waals surface area contributed by atoms with E-state index in [4.69, 9.17) is 9.26 Å². The van der Waals surface area contributed by atoms with Crippen molar-refractivity contribution in [3.8, 4) is 11.5 Å². The first kappa shape index (κ1) is 26.4. The lowest BCUT2D eigenvalue weighted by Gasteiger charge is -2.22. The molecule has 0 aliphatic rings. The first-order valence-electron chi connectivity index (χ1n) is 12.3. The molecule has 6 heteroatoms. The lowest BCUT2D eigenvalue weighted by Crippen LogP contribution is -2.23. The molecule has 4 aromatic rings. The molecule has 0 aromatic heterocycles. The van der Waals surface area contributed by atoms with Crippen molar-refractivity contribution in [2.75, 3.05) is 20.2 Å². The van der Waals surface area contributed by atoms with Crippen LogP contribution < -0.4 is 9.26 Å². The van der Waals surface area contributed by atoms with Gasteiger partial charge in [0.05, 0.1) is 0 Å². The Hall–Kier alpha value is -3.63. The fraction of sp³-hybridized carbons (Fsp3) is 0.161. The Morgan fingerprint density at radius 1 is 0.730 bits per heavy atom. The number of likely N-dealkylation sites (N-methyl/N-ethyl adjacent to an activating group) is 1. The van der Waals surface area contributed by atoms with Crippen LogP contribution >= 0.6 is 7.75 Å². The topological polar surface area (TPSA) is 59.0 Å². The van der Waals surface area contributed by atoms with Crippen LogP contribution in [0.3, 0.4) is 0 Å². The summed E-state index contributed by atoms with van der Waals surface area (Å²) >= 11 is 0. The molecule has 0 saturated heterocycles. The molecule has 5 nitrogen and oxygen atoms in total. The maximum absolute atomic E-state index is 12.6. The average molecular weight is 514 g/mol. The summed E-state index contributed by atoms with van der Waals surface area (Å²) in [6.07, 6.45) is 0.894. The highest BCUT2D eigenvalue weighted by molar-refractivity contribution is 7.50. The molecule has 0 bridgehead atoms. The average Bonchev–Trinajstić information content (AvgIpc) is 2.93. The SMILES string of the molecule is CC/C(=C(\c1ccccc1)c1ccc(OCCN(C)P(=O)(O)Oc2ccccc2)cc1)c1ccccc1. The van der Waals surface area contributed by atoms with E-state index in [2.05, 4.69) is 67.6 Å². The number of para-hydroxylation sites is 1. The van der Waals surface area contributed by atoms with Crippen LogP contribution in [0.25, 0.3) is 11.1 Å². The van der Waals surface area contributed by atoms with Crippen molar-refractivity contribution in [2.45, 2.75) is 13.3 Å². The lowest BCUT2D eigenvalue weighted by atomic mass is 9.88. The molecule has 1 atom stereocenters. The van der Waals surface area contributed by atoms with Gasteiger partial charge in [0, 0.05) is 6.54 Å². The van der Waals surface area contributed by atoms with E-state index in [0.717, 1.165) is 17.5 Å². The fourth-order valence-electron chi connectivity index (χ4n) is 4.11. The molecule has 0 heterocycles. The van der Waals surface area contributed by atoms with Gasteiger partial charge in [0.25, 0.3) is 0 Å². The van der Waals surface area contributed by atoms with Gasteiger partial charge in [-0.1, -0.05) is 97.9 Å². The highest BCUT2D eigenvalue weighted by atomic mass is 31.2. The third-order valence-corrected chi connectivity index (χ3v) is 7.58. The number of benzene rings is 4. The molecule has 1 N–H and O–H groups in total. The third-order valence-electron chi connectivity index (χ3n) is 6.07. The van der Waals surface area contributed by atoms with Crippen molar-refractivity contribution < 1.29 is 18.7 Å². The maximum Gasteiger partial charge on any atom is 0.458 e. The van der Waals surface area contributed by atoms with E-state index in [1.807, 2.05) is 30.3 Å². The molecule has 0 spiro atoms. The van der Waals surface area contributed by atoms with Crippen molar-refractivity contribution in [1.82, 2.24) is 4.67 Å². The Balaban J connectivity index is 1.47. The molecule has 0 fully saturated rings. The van der Waals surface area contributed by atoms with Crippen LogP contribution in [0, 0.1) is 0 Å². The van der Waals surface area contributed by atoms with Gasteiger partial charge in [-0.15, -0.1) is 0 Å². The number of rotatable bonds is 11. The first-order valence-corrected chi connectivity index (χ1v) is 13.9. The second-order valence-electron chi connectivity index (χ2n) is 8.59. The summed E-state index contributed by atoms with van der Waals surface area (Å²) in [4.78, 5) is 10.3. The predicted octanol–water partition coefficient (Wildman–Crippen LogP) is 7.55. The zero-order valence-electron chi connectivity index (χ0n) is 21.2. The van der Waals surface area contributed by atoms with E-state index in [1.165, 1.54) is 21.4 Å². The molecule has 190 valence electrons. The van der Waals surface area contributed by atoms with Gasteiger partial charge in [-0.25, -0.2) is 4.57 Å².